The van der Waals surface area contributed by atoms with E-state index in [0.717, 1.165) is 31.6 Å². The average Bonchev–Trinajstić information content (AvgIpc) is 2.39. The molecule has 1 amide bonds. The first-order valence-corrected chi connectivity index (χ1v) is 6.03. The van der Waals surface area contributed by atoms with Crippen molar-refractivity contribution < 1.29 is 9.18 Å². The van der Waals surface area contributed by atoms with Gasteiger partial charge in [-0.1, -0.05) is 0 Å². The van der Waals surface area contributed by atoms with Crippen molar-refractivity contribution in [3.8, 4) is 0 Å². The summed E-state index contributed by atoms with van der Waals surface area (Å²) in [5, 5.41) is 3.01. The van der Waals surface area contributed by atoms with Gasteiger partial charge in [-0.25, -0.2) is 4.39 Å². The fraction of sp³-hybridized carbons (Fsp3) is 0.462. The van der Waals surface area contributed by atoms with E-state index in [0.29, 0.717) is 0 Å². The summed E-state index contributed by atoms with van der Waals surface area (Å²) in [4.78, 5) is 13.7. The highest BCUT2D eigenvalue weighted by molar-refractivity contribution is 5.80. The minimum absolute atomic E-state index is 0.119. The van der Waals surface area contributed by atoms with E-state index in [1.165, 1.54) is 18.6 Å². The molecule has 0 aliphatic carbocycles. The van der Waals surface area contributed by atoms with Crippen LogP contribution in [0.1, 0.15) is 19.3 Å². The quantitative estimate of drug-likeness (QED) is 0.873. The Balaban J connectivity index is 1.81. The standard InChI is InChI=1S/C13H17FN2O/c14-11-4-6-12(7-5-11)15-10-13(17)16-8-2-1-3-9-16/h4-7,15H,1-3,8-10H2. The molecule has 4 heteroatoms. The summed E-state index contributed by atoms with van der Waals surface area (Å²) < 4.78 is 12.7. The van der Waals surface area contributed by atoms with Crippen LogP contribution < -0.4 is 5.32 Å². The van der Waals surface area contributed by atoms with Crippen molar-refractivity contribution >= 4 is 11.6 Å². The number of halogens is 1. The third-order valence-electron chi connectivity index (χ3n) is 3.00. The van der Waals surface area contributed by atoms with Gasteiger partial charge in [0.05, 0.1) is 6.54 Å². The summed E-state index contributed by atoms with van der Waals surface area (Å²) in [7, 11) is 0. The first kappa shape index (κ1) is 11.9. The molecular weight excluding hydrogens is 219 g/mol. The third kappa shape index (κ3) is 3.44. The number of likely N-dealkylation sites (tertiary alicyclic amines) is 1. The van der Waals surface area contributed by atoms with Crippen molar-refractivity contribution in [2.24, 2.45) is 0 Å². The third-order valence-corrected chi connectivity index (χ3v) is 3.00. The summed E-state index contributed by atoms with van der Waals surface area (Å²) in [6, 6.07) is 6.04. The van der Waals surface area contributed by atoms with Crippen molar-refractivity contribution in [3.05, 3.63) is 30.1 Å². The molecule has 1 saturated heterocycles. The fourth-order valence-corrected chi connectivity index (χ4v) is 2.00. The van der Waals surface area contributed by atoms with Crippen LogP contribution in [0.25, 0.3) is 0 Å². The van der Waals surface area contributed by atoms with Gasteiger partial charge in [-0.15, -0.1) is 0 Å². The minimum atomic E-state index is -0.266. The van der Waals surface area contributed by atoms with Crippen molar-refractivity contribution in [1.82, 2.24) is 4.90 Å². The molecule has 0 unspecified atom stereocenters. The molecule has 0 bridgehead atoms. The number of hydrogen-bond donors (Lipinski definition) is 1. The van der Waals surface area contributed by atoms with Crippen LogP contribution in [0.5, 0.6) is 0 Å². The smallest absolute Gasteiger partial charge is 0.241 e. The number of anilines is 1. The van der Waals surface area contributed by atoms with Gasteiger partial charge in [0, 0.05) is 18.8 Å². The molecule has 3 nitrogen and oxygen atoms in total. The number of carbonyl (C=O) groups excluding carboxylic acids is 1. The van der Waals surface area contributed by atoms with E-state index < -0.39 is 0 Å². The molecule has 0 spiro atoms. The SMILES string of the molecule is O=C(CNc1ccc(F)cc1)N1CCCCC1. The van der Waals surface area contributed by atoms with E-state index >= 15 is 0 Å². The minimum Gasteiger partial charge on any atom is -0.376 e. The van der Waals surface area contributed by atoms with Crippen LogP contribution in [-0.4, -0.2) is 30.4 Å². The van der Waals surface area contributed by atoms with Gasteiger partial charge in [0.15, 0.2) is 0 Å². The predicted molar refractivity (Wildman–Crippen MR) is 65.3 cm³/mol. The van der Waals surface area contributed by atoms with Crippen LogP contribution in [0.4, 0.5) is 10.1 Å². The fourth-order valence-electron chi connectivity index (χ4n) is 2.00. The summed E-state index contributed by atoms with van der Waals surface area (Å²) >= 11 is 0. The number of rotatable bonds is 3. The first-order chi connectivity index (χ1) is 8.25. The monoisotopic (exact) mass is 236 g/mol. The van der Waals surface area contributed by atoms with E-state index in [1.807, 2.05) is 4.90 Å². The number of carbonyl (C=O) groups is 1. The van der Waals surface area contributed by atoms with E-state index in [9.17, 15) is 9.18 Å². The Kier molecular flexibility index (Phi) is 3.96. The van der Waals surface area contributed by atoms with Crippen LogP contribution in [0.3, 0.4) is 0 Å². The molecule has 0 aromatic heterocycles. The van der Waals surface area contributed by atoms with Gasteiger partial charge in [-0.05, 0) is 43.5 Å². The molecular formula is C13H17FN2O. The van der Waals surface area contributed by atoms with Crippen molar-refractivity contribution in [2.75, 3.05) is 25.0 Å². The van der Waals surface area contributed by atoms with Crippen molar-refractivity contribution in [3.63, 3.8) is 0 Å². The van der Waals surface area contributed by atoms with Gasteiger partial charge in [-0.3, -0.25) is 4.79 Å². The van der Waals surface area contributed by atoms with Crippen LogP contribution >= 0.6 is 0 Å². The van der Waals surface area contributed by atoms with E-state index in [-0.39, 0.29) is 18.3 Å². The maximum Gasteiger partial charge on any atom is 0.241 e. The number of piperidine rings is 1. The maximum atomic E-state index is 12.7. The molecule has 1 aliphatic rings. The highest BCUT2D eigenvalue weighted by Gasteiger charge is 2.15. The first-order valence-electron chi connectivity index (χ1n) is 6.03. The van der Waals surface area contributed by atoms with Crippen molar-refractivity contribution in [2.45, 2.75) is 19.3 Å². The zero-order valence-corrected chi connectivity index (χ0v) is 9.79. The number of nitrogens with zero attached hydrogens (tertiary/aromatic N) is 1. The van der Waals surface area contributed by atoms with Gasteiger partial charge in [0.1, 0.15) is 5.82 Å². The van der Waals surface area contributed by atoms with Gasteiger partial charge in [0.25, 0.3) is 0 Å². The second-order valence-electron chi connectivity index (χ2n) is 4.30. The molecule has 1 heterocycles. The van der Waals surface area contributed by atoms with Crippen molar-refractivity contribution in [1.29, 1.82) is 0 Å². The highest BCUT2D eigenvalue weighted by atomic mass is 19.1. The molecule has 92 valence electrons. The van der Waals surface area contributed by atoms with Gasteiger partial charge in [-0.2, -0.15) is 0 Å². The predicted octanol–water partition coefficient (Wildman–Crippen LogP) is 2.25. The second kappa shape index (κ2) is 5.66. The molecule has 1 aliphatic heterocycles. The topological polar surface area (TPSA) is 32.3 Å². The lowest BCUT2D eigenvalue weighted by Gasteiger charge is -2.26. The van der Waals surface area contributed by atoms with Crippen LogP contribution in [0, 0.1) is 5.82 Å². The zero-order chi connectivity index (χ0) is 12.1. The molecule has 1 N–H and O–H groups in total. The Hall–Kier alpha value is -1.58. The normalized spacial score (nSPS) is 15.7. The van der Waals surface area contributed by atoms with Gasteiger partial charge < -0.3 is 10.2 Å². The lowest BCUT2D eigenvalue weighted by atomic mass is 10.1. The maximum absolute atomic E-state index is 12.7. The summed E-state index contributed by atoms with van der Waals surface area (Å²) in [5.74, 6) is -0.146. The van der Waals surface area contributed by atoms with Crippen LogP contribution in [0.2, 0.25) is 0 Å². The Labute approximate surface area is 101 Å². The molecule has 0 radical (unpaired) electrons. The number of amides is 1. The summed E-state index contributed by atoms with van der Waals surface area (Å²) in [6.07, 6.45) is 3.42. The van der Waals surface area contributed by atoms with E-state index in [2.05, 4.69) is 5.32 Å². The van der Waals surface area contributed by atoms with E-state index in [1.54, 1.807) is 12.1 Å². The molecule has 0 saturated carbocycles. The zero-order valence-electron chi connectivity index (χ0n) is 9.79. The number of nitrogens with one attached hydrogen (secondary N) is 1. The molecule has 1 fully saturated rings. The van der Waals surface area contributed by atoms with Gasteiger partial charge in [0.2, 0.25) is 5.91 Å². The average molecular weight is 236 g/mol. The Morgan fingerprint density at radius 2 is 1.82 bits per heavy atom. The van der Waals surface area contributed by atoms with Crippen LogP contribution in [-0.2, 0) is 4.79 Å². The van der Waals surface area contributed by atoms with Gasteiger partial charge >= 0.3 is 0 Å². The second-order valence-corrected chi connectivity index (χ2v) is 4.30. The van der Waals surface area contributed by atoms with Crippen LogP contribution in [0.15, 0.2) is 24.3 Å². The lowest BCUT2D eigenvalue weighted by Crippen LogP contribution is -2.39. The molecule has 0 atom stereocenters. The molecule has 1 aromatic carbocycles. The Bertz CT molecular complexity index is 372. The highest BCUT2D eigenvalue weighted by Crippen LogP contribution is 2.10. The number of benzene rings is 1. The molecule has 2 rings (SSSR count). The number of hydrogen-bond acceptors (Lipinski definition) is 2. The lowest BCUT2D eigenvalue weighted by molar-refractivity contribution is -0.130. The molecule has 17 heavy (non-hydrogen) atoms. The largest absolute Gasteiger partial charge is 0.376 e. The summed E-state index contributed by atoms with van der Waals surface area (Å²) in [6.45, 7) is 2.01. The van der Waals surface area contributed by atoms with E-state index in [4.69, 9.17) is 0 Å². The summed E-state index contributed by atoms with van der Waals surface area (Å²) in [5.41, 5.74) is 0.775. The Morgan fingerprint density at radius 1 is 1.18 bits per heavy atom. The Morgan fingerprint density at radius 3 is 2.47 bits per heavy atom. The molecule has 1 aromatic rings.